The molecule has 0 bridgehead atoms. The van der Waals surface area contributed by atoms with Crippen LogP contribution in [0.25, 0.3) is 0 Å². The molecule has 1 N–H and O–H groups in total. The van der Waals surface area contributed by atoms with Crippen molar-refractivity contribution in [2.45, 2.75) is 65.3 Å². The van der Waals surface area contributed by atoms with E-state index in [1.54, 1.807) is 0 Å². The van der Waals surface area contributed by atoms with Crippen molar-refractivity contribution in [3.8, 4) is 0 Å². The summed E-state index contributed by atoms with van der Waals surface area (Å²) in [5, 5.41) is 3.31. The summed E-state index contributed by atoms with van der Waals surface area (Å²) in [6.07, 6.45) is 3.38. The van der Waals surface area contributed by atoms with Gasteiger partial charge in [0.1, 0.15) is 0 Å². The second kappa shape index (κ2) is 6.97. The van der Waals surface area contributed by atoms with E-state index in [2.05, 4.69) is 12.2 Å². The van der Waals surface area contributed by atoms with Crippen molar-refractivity contribution in [2.75, 3.05) is 13.2 Å². The first-order valence-corrected chi connectivity index (χ1v) is 6.74. The molecule has 0 aromatic carbocycles. The summed E-state index contributed by atoms with van der Waals surface area (Å²) in [5.74, 6) is 0.254. The minimum absolute atomic E-state index is 0.0249. The number of hydrogen-bond donors (Lipinski definition) is 1. The lowest BCUT2D eigenvalue weighted by Gasteiger charge is -2.20. The second-order valence-corrected chi connectivity index (χ2v) is 4.96. The molecule has 0 saturated carbocycles. The number of nitrogens with one attached hydrogen (secondary N) is 1. The normalized spacial score (nSPS) is 25.0. The van der Waals surface area contributed by atoms with Gasteiger partial charge in [-0.3, -0.25) is 10.1 Å². The third-order valence-electron chi connectivity index (χ3n) is 3.14. The molecule has 0 aliphatic carbocycles. The first kappa shape index (κ1) is 14.5. The van der Waals surface area contributed by atoms with E-state index in [4.69, 9.17) is 4.74 Å². The Morgan fingerprint density at radius 1 is 1.41 bits per heavy atom. The van der Waals surface area contributed by atoms with Gasteiger partial charge in [0.25, 0.3) is 0 Å². The van der Waals surface area contributed by atoms with Crippen LogP contribution < -0.4 is 5.32 Å². The van der Waals surface area contributed by atoms with Crippen LogP contribution in [0.15, 0.2) is 0 Å². The quantitative estimate of drug-likeness (QED) is 0.692. The van der Waals surface area contributed by atoms with E-state index in [0.717, 1.165) is 32.4 Å². The molecule has 0 spiro atoms. The van der Waals surface area contributed by atoms with Gasteiger partial charge in [-0.2, -0.15) is 0 Å². The first-order chi connectivity index (χ1) is 8.06. The van der Waals surface area contributed by atoms with E-state index in [1.807, 2.05) is 25.7 Å². The molecular weight excluding hydrogens is 216 g/mol. The highest BCUT2D eigenvalue weighted by molar-refractivity contribution is 5.84. The molecule has 100 valence electrons. The topological polar surface area (TPSA) is 41.6 Å². The number of amides is 1. The molecule has 0 radical (unpaired) electrons. The monoisotopic (exact) mass is 242 g/mol. The van der Waals surface area contributed by atoms with Gasteiger partial charge in [-0.1, -0.05) is 6.92 Å². The van der Waals surface area contributed by atoms with Gasteiger partial charge in [-0.25, -0.2) is 0 Å². The van der Waals surface area contributed by atoms with Crippen LogP contribution in [0, 0.1) is 0 Å². The van der Waals surface area contributed by atoms with Crippen LogP contribution >= 0.6 is 0 Å². The summed E-state index contributed by atoms with van der Waals surface area (Å²) < 4.78 is 5.48. The highest BCUT2D eigenvalue weighted by atomic mass is 16.5. The second-order valence-electron chi connectivity index (χ2n) is 4.96. The largest absolute Gasteiger partial charge is 0.379 e. The van der Waals surface area contributed by atoms with Crippen LogP contribution in [0.4, 0.5) is 0 Å². The molecule has 0 aromatic rings. The summed E-state index contributed by atoms with van der Waals surface area (Å²) >= 11 is 0. The van der Waals surface area contributed by atoms with Crippen molar-refractivity contribution < 1.29 is 9.53 Å². The Hall–Kier alpha value is -0.610. The van der Waals surface area contributed by atoms with Crippen LogP contribution in [-0.4, -0.2) is 42.3 Å². The third kappa shape index (κ3) is 4.28. The SMILES string of the molecule is CCC1NC(C)N(CCCCOC(C)C)C1=O. The van der Waals surface area contributed by atoms with Crippen molar-refractivity contribution in [1.29, 1.82) is 0 Å². The summed E-state index contributed by atoms with van der Waals surface area (Å²) in [5.41, 5.74) is 0. The molecule has 1 aliphatic heterocycles. The molecular formula is C13H26N2O2. The number of unbranched alkanes of at least 4 members (excludes halogenated alkanes) is 1. The predicted octanol–water partition coefficient (Wildman–Crippen LogP) is 1.75. The average Bonchev–Trinajstić information content (AvgIpc) is 2.54. The van der Waals surface area contributed by atoms with Gasteiger partial charge in [0.05, 0.1) is 18.3 Å². The molecule has 1 amide bonds. The molecule has 1 rings (SSSR count). The Morgan fingerprint density at radius 3 is 2.65 bits per heavy atom. The van der Waals surface area contributed by atoms with Crippen LogP contribution in [-0.2, 0) is 9.53 Å². The van der Waals surface area contributed by atoms with E-state index in [0.29, 0.717) is 6.10 Å². The van der Waals surface area contributed by atoms with Gasteiger partial charge in [-0.15, -0.1) is 0 Å². The van der Waals surface area contributed by atoms with Crippen molar-refractivity contribution in [3.05, 3.63) is 0 Å². The molecule has 17 heavy (non-hydrogen) atoms. The maximum absolute atomic E-state index is 12.0. The van der Waals surface area contributed by atoms with Crippen LogP contribution in [0.3, 0.4) is 0 Å². The molecule has 1 saturated heterocycles. The number of nitrogens with zero attached hydrogens (tertiary/aromatic N) is 1. The van der Waals surface area contributed by atoms with E-state index < -0.39 is 0 Å². The number of hydrogen-bond acceptors (Lipinski definition) is 3. The molecule has 1 heterocycles. The molecule has 0 aromatic heterocycles. The van der Waals surface area contributed by atoms with Gasteiger partial charge in [0.15, 0.2) is 0 Å². The van der Waals surface area contributed by atoms with E-state index in [9.17, 15) is 4.79 Å². The Kier molecular flexibility index (Phi) is 5.92. The number of ether oxygens (including phenoxy) is 1. The minimum Gasteiger partial charge on any atom is -0.379 e. The van der Waals surface area contributed by atoms with Crippen molar-refractivity contribution in [3.63, 3.8) is 0 Å². The maximum atomic E-state index is 12.0. The fraction of sp³-hybridized carbons (Fsp3) is 0.923. The molecule has 1 aliphatic rings. The van der Waals surface area contributed by atoms with Gasteiger partial charge in [-0.05, 0) is 40.0 Å². The van der Waals surface area contributed by atoms with Gasteiger partial charge in [0.2, 0.25) is 5.91 Å². The lowest BCUT2D eigenvalue weighted by atomic mass is 10.2. The van der Waals surface area contributed by atoms with E-state index in [1.165, 1.54) is 0 Å². The van der Waals surface area contributed by atoms with Gasteiger partial charge < -0.3 is 9.64 Å². The van der Waals surface area contributed by atoms with Crippen LogP contribution in [0.5, 0.6) is 0 Å². The molecule has 1 fully saturated rings. The fourth-order valence-corrected chi connectivity index (χ4v) is 2.14. The minimum atomic E-state index is 0.0249. The molecule has 2 unspecified atom stereocenters. The van der Waals surface area contributed by atoms with Gasteiger partial charge >= 0.3 is 0 Å². The number of rotatable bonds is 7. The Morgan fingerprint density at radius 2 is 2.12 bits per heavy atom. The zero-order valence-electron chi connectivity index (χ0n) is 11.5. The Balaban J connectivity index is 2.20. The summed E-state index contributed by atoms with van der Waals surface area (Å²) in [6.45, 7) is 9.81. The van der Waals surface area contributed by atoms with Crippen LogP contribution in [0.1, 0.15) is 47.0 Å². The lowest BCUT2D eigenvalue weighted by Crippen LogP contribution is -2.35. The molecule has 4 heteroatoms. The standard InChI is InChI=1S/C13H26N2O2/c1-5-12-13(16)15(11(4)14-12)8-6-7-9-17-10(2)3/h10-12,14H,5-9H2,1-4H3. The number of carbonyl (C=O) groups is 1. The molecule has 2 atom stereocenters. The smallest absolute Gasteiger partial charge is 0.240 e. The van der Waals surface area contributed by atoms with Crippen molar-refractivity contribution in [2.24, 2.45) is 0 Å². The van der Waals surface area contributed by atoms with Crippen molar-refractivity contribution >= 4 is 5.91 Å². The van der Waals surface area contributed by atoms with Gasteiger partial charge in [0, 0.05) is 13.2 Å². The highest BCUT2D eigenvalue weighted by Gasteiger charge is 2.34. The number of carbonyl (C=O) groups excluding carboxylic acids is 1. The van der Waals surface area contributed by atoms with E-state index in [-0.39, 0.29) is 18.1 Å². The molecule has 4 nitrogen and oxygen atoms in total. The summed E-state index contributed by atoms with van der Waals surface area (Å²) in [4.78, 5) is 13.9. The lowest BCUT2D eigenvalue weighted by molar-refractivity contribution is -0.130. The summed E-state index contributed by atoms with van der Waals surface area (Å²) in [6, 6.07) is 0.0249. The Bertz CT molecular complexity index is 244. The zero-order chi connectivity index (χ0) is 12.8. The van der Waals surface area contributed by atoms with E-state index >= 15 is 0 Å². The predicted molar refractivity (Wildman–Crippen MR) is 68.7 cm³/mol. The first-order valence-electron chi connectivity index (χ1n) is 6.74. The third-order valence-corrected chi connectivity index (χ3v) is 3.14. The Labute approximate surface area is 105 Å². The fourth-order valence-electron chi connectivity index (χ4n) is 2.14. The zero-order valence-corrected chi connectivity index (χ0v) is 11.5. The maximum Gasteiger partial charge on any atom is 0.240 e. The highest BCUT2D eigenvalue weighted by Crippen LogP contribution is 2.13. The average molecular weight is 242 g/mol. The summed E-state index contributed by atoms with van der Waals surface area (Å²) in [7, 11) is 0. The van der Waals surface area contributed by atoms with Crippen molar-refractivity contribution in [1.82, 2.24) is 10.2 Å². The van der Waals surface area contributed by atoms with Crippen LogP contribution in [0.2, 0.25) is 0 Å².